The number of hydrogen-bond acceptors (Lipinski definition) is 3. The Morgan fingerprint density at radius 2 is 1.90 bits per heavy atom. The molecule has 0 atom stereocenters. The van der Waals surface area contributed by atoms with Crippen LogP contribution in [-0.4, -0.2) is 28.7 Å². The maximum atomic E-state index is 12.5. The van der Waals surface area contributed by atoms with Gasteiger partial charge in [-0.2, -0.15) is 5.10 Å². The maximum Gasteiger partial charge on any atom is 0.346 e. The summed E-state index contributed by atoms with van der Waals surface area (Å²) in [5.41, 5.74) is 0.100. The number of rotatable bonds is 2. The molecule has 0 radical (unpaired) electrons. The van der Waals surface area contributed by atoms with E-state index in [1.165, 1.54) is 6.21 Å². The zero-order valence-corrected chi connectivity index (χ0v) is 13.1. The van der Waals surface area contributed by atoms with E-state index in [1.54, 1.807) is 0 Å². The lowest BCUT2D eigenvalue weighted by molar-refractivity contribution is -0.132. The van der Waals surface area contributed by atoms with E-state index in [9.17, 15) is 9.59 Å². The standard InChI is InChI=1S/C15H16BrN3O2/c16-12-7-3-2-6-11(12)10-17-19-13(20)15(18-14(19)21)8-4-1-5-9-15/h2-3,6-7,10H,1,4-5,8-9H2,(H,18,21)/b17-10+. The van der Waals surface area contributed by atoms with Crippen LogP contribution in [0.15, 0.2) is 33.8 Å². The van der Waals surface area contributed by atoms with Gasteiger partial charge in [0.1, 0.15) is 5.54 Å². The van der Waals surface area contributed by atoms with Crippen LogP contribution in [0.25, 0.3) is 0 Å². The van der Waals surface area contributed by atoms with E-state index in [-0.39, 0.29) is 5.91 Å². The summed E-state index contributed by atoms with van der Waals surface area (Å²) in [5.74, 6) is -0.226. The number of nitrogens with one attached hydrogen (secondary N) is 1. The van der Waals surface area contributed by atoms with Crippen LogP contribution in [0.5, 0.6) is 0 Å². The predicted octanol–water partition coefficient (Wildman–Crippen LogP) is 3.04. The van der Waals surface area contributed by atoms with Crippen LogP contribution < -0.4 is 5.32 Å². The first kappa shape index (κ1) is 14.3. The van der Waals surface area contributed by atoms with Crippen molar-refractivity contribution >= 4 is 34.1 Å². The quantitative estimate of drug-likeness (QED) is 0.658. The molecule has 1 N–H and O–H groups in total. The molecule has 1 spiro atoms. The minimum absolute atomic E-state index is 0.226. The molecule has 2 fully saturated rings. The molecule has 3 amide bonds. The van der Waals surface area contributed by atoms with Gasteiger partial charge in [0.15, 0.2) is 0 Å². The SMILES string of the molecule is O=C1NC2(CCCCC2)C(=O)N1/N=C/c1ccccc1Br. The number of carbonyl (C=O) groups is 2. The van der Waals surface area contributed by atoms with Gasteiger partial charge in [-0.1, -0.05) is 53.4 Å². The third kappa shape index (κ3) is 2.60. The van der Waals surface area contributed by atoms with Gasteiger partial charge >= 0.3 is 6.03 Å². The lowest BCUT2D eigenvalue weighted by Crippen LogP contribution is -2.48. The van der Waals surface area contributed by atoms with Crippen LogP contribution in [0.3, 0.4) is 0 Å². The van der Waals surface area contributed by atoms with E-state index >= 15 is 0 Å². The largest absolute Gasteiger partial charge is 0.346 e. The van der Waals surface area contributed by atoms with Crippen molar-refractivity contribution in [3.8, 4) is 0 Å². The number of halogens is 1. The predicted molar refractivity (Wildman–Crippen MR) is 82.9 cm³/mol. The molecular formula is C15H16BrN3O2. The van der Waals surface area contributed by atoms with Crippen molar-refractivity contribution in [2.45, 2.75) is 37.6 Å². The summed E-state index contributed by atoms with van der Waals surface area (Å²) in [4.78, 5) is 24.5. The highest BCUT2D eigenvalue weighted by Crippen LogP contribution is 2.33. The summed E-state index contributed by atoms with van der Waals surface area (Å²) in [5, 5.41) is 7.88. The monoisotopic (exact) mass is 349 g/mol. The van der Waals surface area contributed by atoms with E-state index in [4.69, 9.17) is 0 Å². The van der Waals surface area contributed by atoms with E-state index in [0.29, 0.717) is 12.8 Å². The summed E-state index contributed by atoms with van der Waals surface area (Å²) < 4.78 is 0.869. The van der Waals surface area contributed by atoms with Gasteiger partial charge in [-0.25, -0.2) is 4.79 Å². The molecule has 5 nitrogen and oxygen atoms in total. The molecular weight excluding hydrogens is 334 g/mol. The molecule has 110 valence electrons. The Morgan fingerprint density at radius 3 is 2.62 bits per heavy atom. The summed E-state index contributed by atoms with van der Waals surface area (Å²) in [6.45, 7) is 0. The van der Waals surface area contributed by atoms with Gasteiger partial charge < -0.3 is 5.32 Å². The van der Waals surface area contributed by atoms with E-state index in [0.717, 1.165) is 34.3 Å². The molecule has 1 aromatic carbocycles. The van der Waals surface area contributed by atoms with Crippen molar-refractivity contribution < 1.29 is 9.59 Å². The molecule has 1 saturated heterocycles. The Hall–Kier alpha value is -1.69. The molecule has 0 unspecified atom stereocenters. The van der Waals surface area contributed by atoms with Crippen LogP contribution >= 0.6 is 15.9 Å². The number of nitrogens with zero attached hydrogens (tertiary/aromatic N) is 2. The molecule has 1 saturated carbocycles. The molecule has 0 aromatic heterocycles. The minimum Gasteiger partial charge on any atom is -0.321 e. The van der Waals surface area contributed by atoms with Gasteiger partial charge in [0.2, 0.25) is 0 Å². The number of imide groups is 1. The first-order valence-electron chi connectivity index (χ1n) is 7.08. The van der Waals surface area contributed by atoms with Crippen molar-refractivity contribution in [1.29, 1.82) is 0 Å². The minimum atomic E-state index is -0.722. The smallest absolute Gasteiger partial charge is 0.321 e. The molecule has 1 aliphatic carbocycles. The zero-order valence-electron chi connectivity index (χ0n) is 11.5. The van der Waals surface area contributed by atoms with Crippen LogP contribution in [0.1, 0.15) is 37.7 Å². The van der Waals surface area contributed by atoms with Gasteiger partial charge in [0.05, 0.1) is 6.21 Å². The third-order valence-electron chi connectivity index (χ3n) is 4.06. The molecule has 0 bridgehead atoms. The van der Waals surface area contributed by atoms with Gasteiger partial charge in [-0.05, 0) is 18.9 Å². The summed E-state index contributed by atoms with van der Waals surface area (Å²) in [6, 6.07) is 7.09. The highest BCUT2D eigenvalue weighted by molar-refractivity contribution is 9.10. The maximum absolute atomic E-state index is 12.5. The first-order chi connectivity index (χ1) is 10.1. The Labute approximate surface area is 131 Å². The zero-order chi connectivity index (χ0) is 14.9. The van der Waals surface area contributed by atoms with Gasteiger partial charge in [-0.3, -0.25) is 4.79 Å². The van der Waals surface area contributed by atoms with Crippen LogP contribution in [0.4, 0.5) is 4.79 Å². The van der Waals surface area contributed by atoms with E-state index in [1.807, 2.05) is 24.3 Å². The highest BCUT2D eigenvalue weighted by Gasteiger charge is 2.51. The van der Waals surface area contributed by atoms with E-state index < -0.39 is 11.6 Å². The lowest BCUT2D eigenvalue weighted by Gasteiger charge is -2.29. The Balaban J connectivity index is 1.81. The average molecular weight is 350 g/mol. The number of hydrogen-bond donors (Lipinski definition) is 1. The second-order valence-corrected chi connectivity index (χ2v) is 6.31. The second-order valence-electron chi connectivity index (χ2n) is 5.46. The van der Waals surface area contributed by atoms with Gasteiger partial charge in [0.25, 0.3) is 5.91 Å². The van der Waals surface area contributed by atoms with Gasteiger partial charge in [0, 0.05) is 10.0 Å². The fourth-order valence-electron chi connectivity index (χ4n) is 2.90. The first-order valence-corrected chi connectivity index (χ1v) is 7.87. The second kappa shape index (κ2) is 5.60. The fraction of sp³-hybridized carbons (Fsp3) is 0.400. The third-order valence-corrected chi connectivity index (χ3v) is 4.79. The fourth-order valence-corrected chi connectivity index (χ4v) is 3.29. The van der Waals surface area contributed by atoms with E-state index in [2.05, 4.69) is 26.3 Å². The molecule has 1 aromatic rings. The molecule has 1 aliphatic heterocycles. The number of benzene rings is 1. The van der Waals surface area contributed by atoms with Crippen LogP contribution in [0, 0.1) is 0 Å². The normalized spacial score (nSPS) is 21.3. The topological polar surface area (TPSA) is 61.8 Å². The Morgan fingerprint density at radius 1 is 1.19 bits per heavy atom. The summed E-state index contributed by atoms with van der Waals surface area (Å²) in [6.07, 6.45) is 5.99. The highest BCUT2D eigenvalue weighted by atomic mass is 79.9. The molecule has 1 heterocycles. The summed E-state index contributed by atoms with van der Waals surface area (Å²) in [7, 11) is 0. The molecule has 21 heavy (non-hydrogen) atoms. The number of urea groups is 1. The molecule has 6 heteroatoms. The number of hydrazone groups is 1. The number of carbonyl (C=O) groups excluding carboxylic acids is 2. The van der Waals surface area contributed by atoms with Crippen molar-refractivity contribution in [3.05, 3.63) is 34.3 Å². The van der Waals surface area contributed by atoms with Crippen LogP contribution in [0.2, 0.25) is 0 Å². The van der Waals surface area contributed by atoms with Crippen LogP contribution in [-0.2, 0) is 4.79 Å². The molecule has 3 rings (SSSR count). The number of amides is 3. The molecule has 2 aliphatic rings. The average Bonchev–Trinajstić information content (AvgIpc) is 2.70. The lowest BCUT2D eigenvalue weighted by atomic mass is 9.82. The van der Waals surface area contributed by atoms with Crippen molar-refractivity contribution in [1.82, 2.24) is 10.3 Å². The van der Waals surface area contributed by atoms with Gasteiger partial charge in [-0.15, -0.1) is 5.01 Å². The van der Waals surface area contributed by atoms with Crippen molar-refractivity contribution in [3.63, 3.8) is 0 Å². The van der Waals surface area contributed by atoms with Crippen molar-refractivity contribution in [2.24, 2.45) is 5.10 Å². The van der Waals surface area contributed by atoms with Crippen molar-refractivity contribution in [2.75, 3.05) is 0 Å². The Bertz CT molecular complexity index is 609. The Kier molecular flexibility index (Phi) is 3.80. The summed E-state index contributed by atoms with van der Waals surface area (Å²) >= 11 is 3.41.